The Labute approximate surface area is 111 Å². The van der Waals surface area contributed by atoms with Crippen LogP contribution in [0.5, 0.6) is 0 Å². The first-order valence-corrected chi connectivity index (χ1v) is 6.11. The summed E-state index contributed by atoms with van der Waals surface area (Å²) in [7, 11) is 1.80. The summed E-state index contributed by atoms with van der Waals surface area (Å²) in [6, 6.07) is 5.75. The van der Waals surface area contributed by atoms with Crippen molar-refractivity contribution >= 4 is 11.6 Å². The van der Waals surface area contributed by atoms with E-state index in [9.17, 15) is 4.79 Å². The van der Waals surface area contributed by atoms with Crippen LogP contribution in [-0.4, -0.2) is 34.5 Å². The van der Waals surface area contributed by atoms with Crippen molar-refractivity contribution in [3.63, 3.8) is 0 Å². The van der Waals surface area contributed by atoms with Gasteiger partial charge in [0, 0.05) is 25.5 Å². The molecule has 100 valence electrons. The monoisotopic (exact) mass is 259 g/mol. The minimum Gasteiger partial charge on any atom is -0.387 e. The van der Waals surface area contributed by atoms with E-state index >= 15 is 0 Å². The Morgan fingerprint density at radius 1 is 1.42 bits per heavy atom. The number of aryl methyl sites for hydroxylation is 1. The van der Waals surface area contributed by atoms with Crippen LogP contribution < -0.4 is 10.6 Å². The van der Waals surface area contributed by atoms with Gasteiger partial charge in [0.1, 0.15) is 0 Å². The SMILES string of the molecule is CNc1ccc(C)cc1C(=O)NCCn1ccnn1. The number of hydrogen-bond donors (Lipinski definition) is 2. The summed E-state index contributed by atoms with van der Waals surface area (Å²) >= 11 is 0. The van der Waals surface area contributed by atoms with E-state index in [0.717, 1.165) is 11.3 Å². The van der Waals surface area contributed by atoms with E-state index in [1.54, 1.807) is 24.1 Å². The van der Waals surface area contributed by atoms with Crippen molar-refractivity contribution in [2.75, 3.05) is 18.9 Å². The van der Waals surface area contributed by atoms with Gasteiger partial charge in [-0.1, -0.05) is 16.8 Å². The van der Waals surface area contributed by atoms with E-state index in [2.05, 4.69) is 20.9 Å². The van der Waals surface area contributed by atoms with Gasteiger partial charge in [-0.2, -0.15) is 0 Å². The molecule has 0 saturated heterocycles. The molecule has 6 heteroatoms. The van der Waals surface area contributed by atoms with Gasteiger partial charge in [-0.3, -0.25) is 9.48 Å². The predicted octanol–water partition coefficient (Wildman–Crippen LogP) is 1.06. The third-order valence-corrected chi connectivity index (χ3v) is 2.79. The molecule has 0 unspecified atom stereocenters. The van der Waals surface area contributed by atoms with Gasteiger partial charge in [-0.05, 0) is 19.1 Å². The third-order valence-electron chi connectivity index (χ3n) is 2.79. The molecule has 0 aliphatic carbocycles. The number of carbonyl (C=O) groups is 1. The van der Waals surface area contributed by atoms with E-state index in [1.807, 2.05) is 25.1 Å². The summed E-state index contributed by atoms with van der Waals surface area (Å²) in [5, 5.41) is 13.4. The number of carbonyl (C=O) groups excluding carboxylic acids is 1. The Balaban J connectivity index is 1.97. The number of nitrogens with one attached hydrogen (secondary N) is 2. The highest BCUT2D eigenvalue weighted by atomic mass is 16.1. The molecule has 1 amide bonds. The van der Waals surface area contributed by atoms with E-state index in [4.69, 9.17) is 0 Å². The number of rotatable bonds is 5. The number of aromatic nitrogens is 3. The Hall–Kier alpha value is -2.37. The number of benzene rings is 1. The zero-order valence-corrected chi connectivity index (χ0v) is 11.1. The van der Waals surface area contributed by atoms with Crippen LogP contribution in [0.25, 0.3) is 0 Å². The van der Waals surface area contributed by atoms with Gasteiger partial charge in [-0.15, -0.1) is 5.10 Å². The molecule has 0 bridgehead atoms. The Bertz CT molecular complexity index is 550. The molecule has 2 rings (SSSR count). The second kappa shape index (κ2) is 5.99. The molecule has 0 aliphatic rings. The van der Waals surface area contributed by atoms with E-state index < -0.39 is 0 Å². The molecule has 0 radical (unpaired) electrons. The predicted molar refractivity (Wildman–Crippen MR) is 73.1 cm³/mol. The minimum atomic E-state index is -0.0897. The lowest BCUT2D eigenvalue weighted by Gasteiger charge is -2.10. The summed E-state index contributed by atoms with van der Waals surface area (Å²) in [5.74, 6) is -0.0897. The molecule has 19 heavy (non-hydrogen) atoms. The first-order chi connectivity index (χ1) is 9.20. The molecule has 0 aliphatic heterocycles. The summed E-state index contributed by atoms with van der Waals surface area (Å²) in [6.07, 6.45) is 3.37. The maximum atomic E-state index is 12.1. The summed E-state index contributed by atoms with van der Waals surface area (Å²) in [6.45, 7) is 3.08. The average Bonchev–Trinajstić information content (AvgIpc) is 2.91. The van der Waals surface area contributed by atoms with Gasteiger partial charge >= 0.3 is 0 Å². The quantitative estimate of drug-likeness (QED) is 0.842. The van der Waals surface area contributed by atoms with E-state index in [1.165, 1.54) is 0 Å². The summed E-state index contributed by atoms with van der Waals surface area (Å²) < 4.78 is 1.68. The molecular formula is C13H17N5O. The fraction of sp³-hybridized carbons (Fsp3) is 0.308. The highest BCUT2D eigenvalue weighted by Crippen LogP contribution is 2.16. The normalized spacial score (nSPS) is 10.2. The van der Waals surface area contributed by atoms with Crippen molar-refractivity contribution in [1.82, 2.24) is 20.3 Å². The van der Waals surface area contributed by atoms with Gasteiger partial charge in [0.25, 0.3) is 5.91 Å². The van der Waals surface area contributed by atoms with Crippen molar-refractivity contribution in [3.05, 3.63) is 41.7 Å². The lowest BCUT2D eigenvalue weighted by molar-refractivity contribution is 0.0952. The molecule has 0 saturated carbocycles. The standard InChI is InChI=1S/C13H17N5O/c1-10-3-4-12(14-2)11(9-10)13(19)15-5-7-18-8-6-16-17-18/h3-4,6,8-9,14H,5,7H2,1-2H3,(H,15,19). The van der Waals surface area contributed by atoms with Crippen molar-refractivity contribution in [3.8, 4) is 0 Å². The molecular weight excluding hydrogens is 242 g/mol. The molecule has 1 heterocycles. The first kappa shape index (κ1) is 13.1. The first-order valence-electron chi connectivity index (χ1n) is 6.11. The zero-order valence-electron chi connectivity index (χ0n) is 11.1. The van der Waals surface area contributed by atoms with Gasteiger partial charge in [0.15, 0.2) is 0 Å². The van der Waals surface area contributed by atoms with Gasteiger partial charge in [-0.25, -0.2) is 0 Å². The zero-order chi connectivity index (χ0) is 13.7. The third kappa shape index (κ3) is 3.31. The average molecular weight is 259 g/mol. The summed E-state index contributed by atoms with van der Waals surface area (Å²) in [4.78, 5) is 12.1. The smallest absolute Gasteiger partial charge is 0.253 e. The van der Waals surface area contributed by atoms with Crippen molar-refractivity contribution < 1.29 is 4.79 Å². The number of nitrogens with zero attached hydrogens (tertiary/aromatic N) is 3. The van der Waals surface area contributed by atoms with Crippen molar-refractivity contribution in [2.45, 2.75) is 13.5 Å². The molecule has 0 spiro atoms. The summed E-state index contributed by atoms with van der Waals surface area (Å²) in [5.41, 5.74) is 2.53. The lowest BCUT2D eigenvalue weighted by atomic mass is 10.1. The number of hydrogen-bond acceptors (Lipinski definition) is 4. The second-order valence-electron chi connectivity index (χ2n) is 4.22. The second-order valence-corrected chi connectivity index (χ2v) is 4.22. The lowest BCUT2D eigenvalue weighted by Crippen LogP contribution is -2.28. The van der Waals surface area contributed by atoms with Crippen LogP contribution >= 0.6 is 0 Å². The van der Waals surface area contributed by atoms with Crippen LogP contribution in [0.4, 0.5) is 5.69 Å². The maximum Gasteiger partial charge on any atom is 0.253 e. The Kier molecular flexibility index (Phi) is 4.12. The topological polar surface area (TPSA) is 71.8 Å². The molecule has 1 aromatic carbocycles. The number of amides is 1. The largest absolute Gasteiger partial charge is 0.387 e. The maximum absolute atomic E-state index is 12.1. The molecule has 2 N–H and O–H groups in total. The molecule has 6 nitrogen and oxygen atoms in total. The minimum absolute atomic E-state index is 0.0897. The van der Waals surface area contributed by atoms with Crippen LogP contribution in [0.1, 0.15) is 15.9 Å². The van der Waals surface area contributed by atoms with Crippen LogP contribution in [0.3, 0.4) is 0 Å². The van der Waals surface area contributed by atoms with Crippen LogP contribution in [0.15, 0.2) is 30.6 Å². The molecule has 2 aromatic rings. The van der Waals surface area contributed by atoms with Crippen LogP contribution in [0.2, 0.25) is 0 Å². The Morgan fingerprint density at radius 3 is 2.95 bits per heavy atom. The molecule has 0 fully saturated rings. The fourth-order valence-electron chi connectivity index (χ4n) is 1.80. The highest BCUT2D eigenvalue weighted by molar-refractivity contribution is 5.99. The van der Waals surface area contributed by atoms with Crippen LogP contribution in [0, 0.1) is 6.92 Å². The van der Waals surface area contributed by atoms with Crippen LogP contribution in [-0.2, 0) is 6.54 Å². The van der Waals surface area contributed by atoms with Gasteiger partial charge in [0.05, 0.1) is 18.3 Å². The molecule has 0 atom stereocenters. The van der Waals surface area contributed by atoms with Gasteiger partial charge < -0.3 is 10.6 Å². The number of anilines is 1. The van der Waals surface area contributed by atoms with Crippen molar-refractivity contribution in [2.24, 2.45) is 0 Å². The van der Waals surface area contributed by atoms with Crippen molar-refractivity contribution in [1.29, 1.82) is 0 Å². The van der Waals surface area contributed by atoms with Gasteiger partial charge in [0.2, 0.25) is 0 Å². The molecule has 1 aromatic heterocycles. The highest BCUT2D eigenvalue weighted by Gasteiger charge is 2.10. The van der Waals surface area contributed by atoms with E-state index in [0.29, 0.717) is 18.7 Å². The fourth-order valence-corrected chi connectivity index (χ4v) is 1.80. The van der Waals surface area contributed by atoms with E-state index in [-0.39, 0.29) is 5.91 Å². The Morgan fingerprint density at radius 2 is 2.26 bits per heavy atom.